The Labute approximate surface area is 117 Å². The summed E-state index contributed by atoms with van der Waals surface area (Å²) in [6, 6.07) is 0. The quantitative estimate of drug-likeness (QED) is 0.728. The van der Waals surface area contributed by atoms with Gasteiger partial charge in [-0.3, -0.25) is 0 Å². The molecule has 0 aliphatic heterocycles. The first-order chi connectivity index (χ1) is 7.82. The van der Waals surface area contributed by atoms with Gasteiger partial charge in [-0.1, -0.05) is 11.6 Å². The Morgan fingerprint density at radius 2 is 1.56 bits per heavy atom. The lowest BCUT2D eigenvalue weighted by atomic mass is 9.86. The molecule has 0 aromatic rings. The predicted octanol–water partition coefficient (Wildman–Crippen LogP) is 2.55. The zero-order chi connectivity index (χ0) is 14.5. The second-order valence-corrected chi connectivity index (χ2v) is 10.3. The maximum atomic E-state index is 11.7. The second-order valence-electron chi connectivity index (χ2n) is 4.61. The van der Waals surface area contributed by atoms with Crippen LogP contribution in [0.25, 0.3) is 0 Å². The summed E-state index contributed by atoms with van der Waals surface area (Å²) in [5, 5.41) is -1.38. The van der Waals surface area contributed by atoms with Gasteiger partial charge in [0.2, 0.25) is 18.1 Å². The van der Waals surface area contributed by atoms with E-state index >= 15 is 0 Å². The van der Waals surface area contributed by atoms with Crippen molar-refractivity contribution in [2.45, 2.75) is 37.7 Å². The van der Waals surface area contributed by atoms with E-state index in [4.69, 9.17) is 21.4 Å². The van der Waals surface area contributed by atoms with Crippen LogP contribution in [-0.2, 0) is 18.1 Å². The van der Waals surface area contributed by atoms with Crippen LogP contribution in [0.15, 0.2) is 22.8 Å². The minimum absolute atomic E-state index is 0.400. The van der Waals surface area contributed by atoms with Crippen LogP contribution in [-0.4, -0.2) is 26.8 Å². The molecule has 0 N–H and O–H groups in total. The van der Waals surface area contributed by atoms with Crippen LogP contribution in [0, 0.1) is 0 Å². The molecule has 0 unspecified atom stereocenters. The SMILES string of the molecule is CC1=C[C@](C)(S(=O)(=O)Cl)[C@@H](S(=O)(=O)Cl)C(C)=C1C. The molecule has 0 fully saturated rings. The van der Waals surface area contributed by atoms with Gasteiger partial charge in [-0.05, 0) is 38.8 Å². The summed E-state index contributed by atoms with van der Waals surface area (Å²) in [7, 11) is 2.55. The molecule has 4 nitrogen and oxygen atoms in total. The van der Waals surface area contributed by atoms with Crippen molar-refractivity contribution in [3.05, 3.63) is 22.8 Å². The van der Waals surface area contributed by atoms with Gasteiger partial charge in [0.25, 0.3) is 0 Å². The van der Waals surface area contributed by atoms with Gasteiger partial charge in [-0.15, -0.1) is 0 Å². The van der Waals surface area contributed by atoms with Crippen LogP contribution in [0.3, 0.4) is 0 Å². The van der Waals surface area contributed by atoms with Crippen LogP contribution in [0.5, 0.6) is 0 Å². The van der Waals surface area contributed by atoms with Crippen molar-refractivity contribution in [2.24, 2.45) is 0 Å². The molecule has 104 valence electrons. The Hall–Kier alpha value is -0.0400. The van der Waals surface area contributed by atoms with E-state index in [0.717, 1.165) is 0 Å². The largest absolute Gasteiger partial charge is 0.243 e. The minimum atomic E-state index is -4.15. The summed E-state index contributed by atoms with van der Waals surface area (Å²) in [4.78, 5) is 0. The molecule has 0 aromatic carbocycles. The van der Waals surface area contributed by atoms with Crippen molar-refractivity contribution in [2.75, 3.05) is 0 Å². The van der Waals surface area contributed by atoms with Crippen molar-refractivity contribution in [1.82, 2.24) is 0 Å². The fourth-order valence-corrected chi connectivity index (χ4v) is 6.65. The average molecular weight is 333 g/mol. The molecule has 0 saturated carbocycles. The average Bonchev–Trinajstić information content (AvgIpc) is 2.10. The van der Waals surface area contributed by atoms with E-state index in [1.807, 2.05) is 0 Å². The smallest absolute Gasteiger partial charge is 0.212 e. The molecular weight excluding hydrogens is 319 g/mol. The monoisotopic (exact) mass is 332 g/mol. The van der Waals surface area contributed by atoms with E-state index in [1.165, 1.54) is 13.0 Å². The maximum absolute atomic E-state index is 11.7. The molecule has 18 heavy (non-hydrogen) atoms. The third-order valence-corrected chi connectivity index (χ3v) is 7.90. The number of rotatable bonds is 2. The highest BCUT2D eigenvalue weighted by Gasteiger charge is 2.52. The van der Waals surface area contributed by atoms with Gasteiger partial charge in [0.15, 0.2) is 0 Å². The first-order valence-corrected chi connectivity index (χ1v) is 9.75. The topological polar surface area (TPSA) is 68.3 Å². The molecule has 2 atom stereocenters. The lowest BCUT2D eigenvalue weighted by Gasteiger charge is -2.35. The van der Waals surface area contributed by atoms with Crippen LogP contribution < -0.4 is 0 Å². The van der Waals surface area contributed by atoms with Gasteiger partial charge in [-0.25, -0.2) is 16.8 Å². The number of allylic oxidation sites excluding steroid dienone is 2. The maximum Gasteiger partial charge on any atom is 0.243 e. The Morgan fingerprint density at radius 3 is 1.89 bits per heavy atom. The molecule has 0 heterocycles. The van der Waals surface area contributed by atoms with Crippen molar-refractivity contribution in [3.8, 4) is 0 Å². The standard InChI is InChI=1S/C10H14Cl2O4S2/c1-6-5-10(4,18(12,15)16)9(17(11,13)14)8(3)7(6)2/h5,9H,1-4H3/t9-,10-/m0/s1. The highest BCUT2D eigenvalue weighted by Crippen LogP contribution is 2.43. The first kappa shape index (κ1) is 16.0. The van der Waals surface area contributed by atoms with Gasteiger partial charge >= 0.3 is 0 Å². The molecule has 8 heteroatoms. The van der Waals surface area contributed by atoms with Gasteiger partial charge in [0.05, 0.1) is 0 Å². The molecule has 1 aliphatic carbocycles. The van der Waals surface area contributed by atoms with Gasteiger partial charge in [-0.2, -0.15) is 0 Å². The van der Waals surface area contributed by atoms with Crippen molar-refractivity contribution in [3.63, 3.8) is 0 Å². The van der Waals surface area contributed by atoms with Crippen molar-refractivity contribution < 1.29 is 16.8 Å². The van der Waals surface area contributed by atoms with E-state index in [-0.39, 0.29) is 0 Å². The third kappa shape index (κ3) is 2.48. The molecule has 0 bridgehead atoms. The Bertz CT molecular complexity index is 643. The summed E-state index contributed by atoms with van der Waals surface area (Å²) >= 11 is 0. The summed E-state index contributed by atoms with van der Waals surface area (Å²) in [6.07, 6.45) is 1.35. The Balaban J connectivity index is 3.74. The van der Waals surface area contributed by atoms with E-state index in [2.05, 4.69) is 0 Å². The molecule has 1 aliphatic rings. The molecule has 0 radical (unpaired) electrons. The van der Waals surface area contributed by atoms with Crippen LogP contribution >= 0.6 is 21.4 Å². The number of hydrogen-bond donors (Lipinski definition) is 0. The van der Waals surface area contributed by atoms with Gasteiger partial charge < -0.3 is 0 Å². The van der Waals surface area contributed by atoms with Crippen molar-refractivity contribution >= 4 is 39.5 Å². The number of halogens is 2. The molecule has 0 aromatic heterocycles. The summed E-state index contributed by atoms with van der Waals surface area (Å²) in [5.41, 5.74) is 1.79. The fourth-order valence-electron chi connectivity index (χ4n) is 2.24. The van der Waals surface area contributed by atoms with Gasteiger partial charge in [0.1, 0.15) is 10.00 Å². The summed E-state index contributed by atoms with van der Waals surface area (Å²) in [6.45, 7) is 6.24. The molecule has 0 saturated heterocycles. The molecular formula is C10H14Cl2O4S2. The van der Waals surface area contributed by atoms with Crippen molar-refractivity contribution in [1.29, 1.82) is 0 Å². The zero-order valence-corrected chi connectivity index (χ0v) is 13.5. The third-order valence-electron chi connectivity index (χ3n) is 3.41. The van der Waals surface area contributed by atoms with E-state index in [0.29, 0.717) is 16.7 Å². The Morgan fingerprint density at radius 1 is 1.11 bits per heavy atom. The second kappa shape index (κ2) is 4.51. The Kier molecular flexibility index (Phi) is 4.01. The van der Waals surface area contributed by atoms with E-state index < -0.39 is 28.1 Å². The predicted molar refractivity (Wildman–Crippen MR) is 73.9 cm³/mol. The van der Waals surface area contributed by atoms with E-state index in [9.17, 15) is 16.8 Å². The first-order valence-electron chi connectivity index (χ1n) is 5.07. The minimum Gasteiger partial charge on any atom is -0.212 e. The van der Waals surface area contributed by atoms with Gasteiger partial charge in [0, 0.05) is 21.4 Å². The normalized spacial score (nSPS) is 30.3. The van der Waals surface area contributed by atoms with Crippen LogP contribution in [0.2, 0.25) is 0 Å². The lowest BCUT2D eigenvalue weighted by molar-refractivity contribution is 0.555. The van der Waals surface area contributed by atoms with E-state index in [1.54, 1.807) is 20.8 Å². The molecule has 0 spiro atoms. The summed E-state index contributed by atoms with van der Waals surface area (Å²) in [5.74, 6) is 0. The highest BCUT2D eigenvalue weighted by molar-refractivity contribution is 8.18. The highest BCUT2D eigenvalue weighted by atomic mass is 35.7. The van der Waals surface area contributed by atoms with Crippen LogP contribution in [0.1, 0.15) is 27.7 Å². The zero-order valence-electron chi connectivity index (χ0n) is 10.4. The lowest BCUT2D eigenvalue weighted by Crippen LogP contribution is -2.48. The summed E-state index contributed by atoms with van der Waals surface area (Å²) < 4.78 is 45.1. The number of hydrogen-bond acceptors (Lipinski definition) is 4. The van der Waals surface area contributed by atoms with Crippen LogP contribution in [0.4, 0.5) is 0 Å². The molecule has 0 amide bonds. The molecule has 1 rings (SSSR count). The fraction of sp³-hybridized carbons (Fsp3) is 0.600.